The monoisotopic (exact) mass is 1030 g/mol. The summed E-state index contributed by atoms with van der Waals surface area (Å²) in [7, 11) is 0. The van der Waals surface area contributed by atoms with E-state index < -0.39 is 0 Å². The largest absolute Gasteiger partial charge is 0.357 e. The molecule has 8 heterocycles. The maximum Gasteiger partial charge on any atom is 0.178 e. The Kier molecular flexibility index (Phi) is 19.3. The highest BCUT2D eigenvalue weighted by molar-refractivity contribution is 5.97. The Hall–Kier alpha value is -8.77. The fraction of sp³-hybridized carbons (Fsp3) is 0.209. The van der Waals surface area contributed by atoms with E-state index in [1.165, 1.54) is 102 Å². The Morgan fingerprint density at radius 3 is 1.74 bits per heavy atom. The van der Waals surface area contributed by atoms with Gasteiger partial charge in [-0.05, 0) is 154 Å². The average Bonchev–Trinajstić information content (AvgIpc) is 4.32. The first kappa shape index (κ1) is 54.0. The van der Waals surface area contributed by atoms with E-state index in [4.69, 9.17) is 0 Å². The topological polar surface area (TPSA) is 143 Å². The lowest BCUT2D eigenvalue weighted by molar-refractivity contribution is 0.101. The Balaban J connectivity index is 0.000000122. The lowest BCUT2D eigenvalue weighted by Gasteiger charge is -2.35. The molecule has 6 aromatic heterocycles. The first-order valence-corrected chi connectivity index (χ1v) is 27.2. The number of hydrogen-bond donors (Lipinski definition) is 5. The lowest BCUT2D eigenvalue weighted by Crippen LogP contribution is -2.33. The standard InChI is InChI=1S/C21H24N2.C13H13N3.C13H16N2.C13H10N2.C7H7NO/c1-16-7-6-8-17(13-16)15-23-12-5-4-11-21(23)20-14-18-9-2-3-10-19(18)22-20;1-11(13-9-5-6-10-14-13)15-16-12-7-3-2-4-8-12;2*1-2-6-11-10(5-1)9-13(15-11)12-7-3-4-8-14-12;1-6(9)7-4-2-3-5-8-7/h2-3,6-10,13-14,21-22H,4-5,11-12,15H2,1H3;2-10,16H,1H3;1-2,5-6,9,12,14-15H,3-4,7-8H2;1-9,15H;2-5H,1H3/b;15-11+;;;. The molecule has 78 heavy (non-hydrogen) atoms. The number of hydrogen-bond acceptors (Lipinski definition) is 8. The lowest BCUT2D eigenvalue weighted by atomic mass is 9.98. The van der Waals surface area contributed by atoms with Crippen molar-refractivity contribution in [1.82, 2.24) is 40.1 Å². The van der Waals surface area contributed by atoms with Gasteiger partial charge in [0.2, 0.25) is 0 Å². The van der Waals surface area contributed by atoms with E-state index in [1.807, 2.05) is 85.8 Å². The molecule has 0 spiro atoms. The molecule has 2 fully saturated rings. The first-order valence-electron chi connectivity index (χ1n) is 27.2. The molecular formula is C67H70N10O. The number of carbonyl (C=O) groups is 1. The molecule has 11 aromatic rings. The van der Waals surface area contributed by atoms with E-state index in [1.54, 1.807) is 36.8 Å². The van der Waals surface area contributed by atoms with Crippen LogP contribution in [0.1, 0.15) is 103 Å². The van der Waals surface area contributed by atoms with Crippen molar-refractivity contribution in [2.24, 2.45) is 5.10 Å². The minimum Gasteiger partial charge on any atom is -0.357 e. The molecule has 394 valence electrons. The molecule has 0 aliphatic carbocycles. The van der Waals surface area contributed by atoms with Crippen molar-refractivity contribution in [2.45, 2.75) is 77.9 Å². The Bertz CT molecular complexity index is 3480. The second kappa shape index (κ2) is 27.8. The molecule has 0 bridgehead atoms. The van der Waals surface area contributed by atoms with E-state index in [9.17, 15) is 4.79 Å². The highest BCUT2D eigenvalue weighted by atomic mass is 16.1. The van der Waals surface area contributed by atoms with Gasteiger partial charge in [0.05, 0.1) is 34.5 Å². The normalized spacial score (nSPS) is 15.3. The summed E-state index contributed by atoms with van der Waals surface area (Å²) in [5.74, 6) is 0.00981. The molecule has 2 aliphatic rings. The van der Waals surface area contributed by atoms with Crippen LogP contribution in [0.15, 0.2) is 224 Å². The number of hydrazone groups is 1. The quantitative estimate of drug-likeness (QED) is 0.0550. The summed E-state index contributed by atoms with van der Waals surface area (Å²) in [5, 5.41) is 11.7. The van der Waals surface area contributed by atoms with Crippen molar-refractivity contribution in [3.05, 3.63) is 253 Å². The number of ketones is 1. The summed E-state index contributed by atoms with van der Waals surface area (Å²) in [6, 6.07) is 68.8. The van der Waals surface area contributed by atoms with Crippen LogP contribution < -0.4 is 10.7 Å². The van der Waals surface area contributed by atoms with Crippen molar-refractivity contribution < 1.29 is 4.79 Å². The van der Waals surface area contributed by atoms with E-state index in [0.29, 0.717) is 17.8 Å². The maximum absolute atomic E-state index is 10.6. The summed E-state index contributed by atoms with van der Waals surface area (Å²) >= 11 is 0. The van der Waals surface area contributed by atoms with Gasteiger partial charge in [-0.25, -0.2) is 0 Å². The number of aryl methyl sites for hydroxylation is 1. The van der Waals surface area contributed by atoms with E-state index in [-0.39, 0.29) is 5.78 Å². The van der Waals surface area contributed by atoms with Crippen LogP contribution in [0.5, 0.6) is 0 Å². The van der Waals surface area contributed by atoms with Gasteiger partial charge in [0.15, 0.2) is 5.78 Å². The molecular weight excluding hydrogens is 961 g/mol. The number of carbonyl (C=O) groups excluding carboxylic acids is 1. The SMILES string of the molecule is C/C(=N\Nc1ccccc1)c1ccccn1.CC(=O)c1ccccn1.Cc1cccc(CN2CCCCC2c2cc3ccccc3[nH]2)c1.c1ccc(-c2cc3ccccc3[nH]2)nc1.c1ccc2[nH]c(C3CCCCN3)cc2c1. The van der Waals surface area contributed by atoms with Gasteiger partial charge >= 0.3 is 0 Å². The molecule has 5 N–H and O–H groups in total. The van der Waals surface area contributed by atoms with Gasteiger partial charge in [-0.15, -0.1) is 0 Å². The van der Waals surface area contributed by atoms with Crippen LogP contribution in [-0.2, 0) is 6.54 Å². The second-order valence-corrected chi connectivity index (χ2v) is 19.7. The van der Waals surface area contributed by atoms with Crippen molar-refractivity contribution in [3.63, 3.8) is 0 Å². The molecule has 2 atom stereocenters. The molecule has 11 nitrogen and oxygen atoms in total. The van der Waals surface area contributed by atoms with Crippen LogP contribution >= 0.6 is 0 Å². The number of benzene rings is 5. The predicted octanol–water partition coefficient (Wildman–Crippen LogP) is 15.6. The van der Waals surface area contributed by atoms with Gasteiger partial charge in [-0.2, -0.15) is 5.10 Å². The first-order chi connectivity index (χ1) is 38.3. The number of rotatable bonds is 9. The highest BCUT2D eigenvalue weighted by Crippen LogP contribution is 2.34. The number of pyridine rings is 3. The third-order valence-corrected chi connectivity index (χ3v) is 13.9. The van der Waals surface area contributed by atoms with Crippen LogP contribution in [-0.4, -0.2) is 59.4 Å². The van der Waals surface area contributed by atoms with Crippen LogP contribution in [0.25, 0.3) is 44.1 Å². The number of H-pyrrole nitrogens is 3. The zero-order valence-corrected chi connectivity index (χ0v) is 44.9. The van der Waals surface area contributed by atoms with Crippen LogP contribution in [0.2, 0.25) is 0 Å². The fourth-order valence-corrected chi connectivity index (χ4v) is 9.85. The number of piperidine rings is 2. The number of fused-ring (bicyclic) bond motifs is 3. The minimum absolute atomic E-state index is 0.00981. The number of likely N-dealkylation sites (tertiary alicyclic amines) is 1. The molecule has 11 heteroatoms. The summed E-state index contributed by atoms with van der Waals surface area (Å²) in [5.41, 5.74) is 17.4. The Morgan fingerprint density at radius 1 is 0.564 bits per heavy atom. The Labute approximate surface area is 458 Å². The van der Waals surface area contributed by atoms with Gasteiger partial charge in [0.1, 0.15) is 5.69 Å². The van der Waals surface area contributed by atoms with E-state index >= 15 is 0 Å². The van der Waals surface area contributed by atoms with Crippen LogP contribution in [0, 0.1) is 6.92 Å². The van der Waals surface area contributed by atoms with Crippen LogP contribution in [0.3, 0.4) is 0 Å². The number of Topliss-reactive ketones (excluding diaryl/α,β-unsaturated/α-hetero) is 1. The zero-order valence-electron chi connectivity index (χ0n) is 44.9. The molecule has 0 saturated carbocycles. The summed E-state index contributed by atoms with van der Waals surface area (Å²) in [6.45, 7) is 8.99. The van der Waals surface area contributed by atoms with E-state index in [2.05, 4.69) is 161 Å². The van der Waals surface area contributed by atoms with Crippen molar-refractivity contribution >= 4 is 49.9 Å². The fourth-order valence-electron chi connectivity index (χ4n) is 9.85. The smallest absolute Gasteiger partial charge is 0.178 e. The Morgan fingerprint density at radius 2 is 1.15 bits per heavy atom. The molecule has 0 amide bonds. The number of aromatic amines is 3. The summed E-state index contributed by atoms with van der Waals surface area (Å²) < 4.78 is 0. The number of para-hydroxylation sites is 4. The third kappa shape index (κ3) is 15.4. The van der Waals surface area contributed by atoms with Gasteiger partial charge in [-0.3, -0.25) is 30.1 Å². The van der Waals surface area contributed by atoms with Crippen LogP contribution in [0.4, 0.5) is 5.69 Å². The minimum atomic E-state index is 0.00981. The molecule has 2 unspecified atom stereocenters. The third-order valence-electron chi connectivity index (χ3n) is 13.9. The number of nitrogens with one attached hydrogen (secondary N) is 5. The van der Waals surface area contributed by atoms with Crippen molar-refractivity contribution in [1.29, 1.82) is 0 Å². The average molecular weight is 1030 g/mol. The van der Waals surface area contributed by atoms with Gasteiger partial charge in [0, 0.05) is 71.4 Å². The molecule has 2 saturated heterocycles. The predicted molar refractivity (Wildman–Crippen MR) is 322 cm³/mol. The maximum atomic E-state index is 10.6. The molecule has 0 radical (unpaired) electrons. The second-order valence-electron chi connectivity index (χ2n) is 19.7. The molecule has 2 aliphatic heterocycles. The highest BCUT2D eigenvalue weighted by Gasteiger charge is 2.25. The van der Waals surface area contributed by atoms with Gasteiger partial charge in [0.25, 0.3) is 0 Å². The zero-order chi connectivity index (χ0) is 53.7. The summed E-state index contributed by atoms with van der Waals surface area (Å²) in [6.07, 6.45) is 13.0. The van der Waals surface area contributed by atoms with Crippen molar-refractivity contribution in [3.8, 4) is 11.4 Å². The number of nitrogens with zero attached hydrogens (tertiary/aromatic N) is 5. The molecule has 13 rings (SSSR count). The van der Waals surface area contributed by atoms with Gasteiger partial charge in [-0.1, -0.05) is 134 Å². The van der Waals surface area contributed by atoms with Crippen molar-refractivity contribution in [2.75, 3.05) is 18.5 Å². The van der Waals surface area contributed by atoms with Gasteiger partial charge < -0.3 is 20.3 Å². The van der Waals surface area contributed by atoms with E-state index in [0.717, 1.165) is 47.1 Å². The number of aromatic nitrogens is 6. The number of anilines is 1. The molecule has 5 aromatic carbocycles. The summed E-state index contributed by atoms with van der Waals surface area (Å²) in [4.78, 5) is 36.1.